The van der Waals surface area contributed by atoms with Crippen LogP contribution in [-0.4, -0.2) is 21.0 Å². The fourth-order valence-electron chi connectivity index (χ4n) is 11.3. The average Bonchev–Trinajstić information content (AvgIpc) is 3.65. The fourth-order valence-corrected chi connectivity index (χ4v) is 11.3. The summed E-state index contributed by atoms with van der Waals surface area (Å²) in [5, 5.41) is 7.48. The maximum absolute atomic E-state index is 6.27. The molecule has 3 aliphatic heterocycles. The molecule has 2 atom stereocenters. The van der Waals surface area contributed by atoms with Crippen molar-refractivity contribution in [3.63, 3.8) is 0 Å². The number of rotatable bonds is 6. The molecule has 1 saturated carbocycles. The van der Waals surface area contributed by atoms with E-state index < -0.39 is 5.79 Å². The number of hydrogen-bond donors (Lipinski definition) is 0. The second kappa shape index (κ2) is 13.2. The van der Waals surface area contributed by atoms with Gasteiger partial charge in [-0.3, -0.25) is 4.57 Å². The van der Waals surface area contributed by atoms with Gasteiger partial charge in [-0.25, -0.2) is 15.0 Å². The van der Waals surface area contributed by atoms with E-state index in [4.69, 9.17) is 15.0 Å². The van der Waals surface area contributed by atoms with Crippen LogP contribution < -0.4 is 0 Å². The summed E-state index contributed by atoms with van der Waals surface area (Å²) >= 11 is 0. The first-order chi connectivity index (χ1) is 30.6. The van der Waals surface area contributed by atoms with Crippen molar-refractivity contribution in [2.45, 2.75) is 51.7 Å². The van der Waals surface area contributed by atoms with E-state index in [2.05, 4.69) is 188 Å². The SMILES string of the molecule is CCC1=C2C=C3CC3(C1)Cc1ccc(CC)c(c1)C1(N=C(c3ccccc3)C(c3ccc4ccc5cccc6ccc3c4c56)=N1)n1c2nc(-c2ccccc2)c1-c1ccccc1. The van der Waals surface area contributed by atoms with E-state index in [1.54, 1.807) is 0 Å². The van der Waals surface area contributed by atoms with Crippen molar-refractivity contribution in [3.05, 3.63) is 215 Å². The number of allylic oxidation sites excluding steroid dienone is 4. The number of imidazole rings is 1. The number of hydrogen-bond acceptors (Lipinski definition) is 3. The van der Waals surface area contributed by atoms with Crippen LogP contribution in [0, 0.1) is 5.41 Å². The number of nitrogens with zero attached hydrogens (tertiary/aromatic N) is 4. The van der Waals surface area contributed by atoms with E-state index >= 15 is 0 Å². The quantitative estimate of drug-likeness (QED) is 0.155. The van der Waals surface area contributed by atoms with Gasteiger partial charge in [0.15, 0.2) is 0 Å². The summed E-state index contributed by atoms with van der Waals surface area (Å²) in [4.78, 5) is 18.3. The number of aliphatic imine (C=N–C) groups is 2. The van der Waals surface area contributed by atoms with Crippen LogP contribution in [0.3, 0.4) is 0 Å². The molecule has 2 aliphatic carbocycles. The predicted octanol–water partition coefficient (Wildman–Crippen LogP) is 13.8. The van der Waals surface area contributed by atoms with Gasteiger partial charge in [0.2, 0.25) is 0 Å². The molecule has 1 aromatic heterocycles. The Morgan fingerprint density at radius 2 is 1.23 bits per heavy atom. The van der Waals surface area contributed by atoms with Gasteiger partial charge in [-0.2, -0.15) is 0 Å². The molecule has 296 valence electrons. The fraction of sp³-hybridized carbons (Fsp3) is 0.155. The number of aryl methyl sites for hydroxylation is 1. The number of benzene rings is 8. The summed E-state index contributed by atoms with van der Waals surface area (Å²) in [5.41, 5.74) is 16.1. The Morgan fingerprint density at radius 3 is 1.95 bits per heavy atom. The summed E-state index contributed by atoms with van der Waals surface area (Å²) in [5.74, 6) is -0.320. The molecule has 2 unspecified atom stereocenters. The molecule has 62 heavy (non-hydrogen) atoms. The van der Waals surface area contributed by atoms with Crippen molar-refractivity contribution < 1.29 is 0 Å². The van der Waals surface area contributed by atoms with E-state index in [9.17, 15) is 0 Å². The minimum atomic E-state index is -1.25. The Kier molecular flexibility index (Phi) is 7.55. The van der Waals surface area contributed by atoms with Gasteiger partial charge in [0.1, 0.15) is 5.82 Å². The van der Waals surface area contributed by atoms with E-state index in [0.29, 0.717) is 0 Å². The molecule has 4 heteroatoms. The molecular weight excluding hydrogens is 753 g/mol. The Bertz CT molecular complexity index is 3430. The molecule has 2 spiro atoms. The van der Waals surface area contributed by atoms with Crippen molar-refractivity contribution in [1.82, 2.24) is 9.55 Å². The molecule has 8 aromatic carbocycles. The van der Waals surface area contributed by atoms with E-state index in [0.717, 1.165) is 88.6 Å². The van der Waals surface area contributed by atoms with Gasteiger partial charge in [0.05, 0.1) is 22.8 Å². The lowest BCUT2D eigenvalue weighted by Gasteiger charge is -2.32. The largest absolute Gasteiger partial charge is 0.275 e. The smallest absolute Gasteiger partial charge is 0.261 e. The molecule has 0 amide bonds. The van der Waals surface area contributed by atoms with Crippen molar-refractivity contribution in [2.75, 3.05) is 0 Å². The van der Waals surface area contributed by atoms with Crippen molar-refractivity contribution in [2.24, 2.45) is 15.4 Å². The zero-order chi connectivity index (χ0) is 41.2. The van der Waals surface area contributed by atoms with E-state index in [1.807, 2.05) is 0 Å². The molecule has 4 heterocycles. The Hall–Kier alpha value is -7.17. The zero-order valence-electron chi connectivity index (χ0n) is 35.0. The summed E-state index contributed by atoms with van der Waals surface area (Å²) in [6.07, 6.45) is 7.48. The van der Waals surface area contributed by atoms with Gasteiger partial charge in [-0.15, -0.1) is 0 Å². The number of aromatic nitrogens is 2. The molecule has 4 nitrogen and oxygen atoms in total. The highest BCUT2D eigenvalue weighted by molar-refractivity contribution is 6.56. The average molecular weight is 797 g/mol. The standard InChI is InChI=1S/C58H44N4/c1-3-37-24-23-36-31-49(37)58(60-52(42-15-8-5-9-16-42)54(61-58)47-30-28-41-26-25-39-21-14-22-40-27-29-46(47)51(41)50(39)40)62-55(44-19-12-7-13-20-44)53(43-17-10-6-11-18-43)59-56(62)48-32-45-35-57(45,33-36)34-38(48)4-2/h5-32H,3-4,33-35H2,1-2H3. The van der Waals surface area contributed by atoms with Gasteiger partial charge in [0, 0.05) is 38.8 Å². The van der Waals surface area contributed by atoms with Crippen LogP contribution >= 0.6 is 0 Å². The molecular formula is C58H44N4. The highest BCUT2D eigenvalue weighted by atomic mass is 15.4. The number of fused-ring (bicyclic) bond motifs is 1. The Balaban J connectivity index is 1.23. The third-order valence-electron chi connectivity index (χ3n) is 14.3. The zero-order valence-corrected chi connectivity index (χ0v) is 35.0. The molecule has 0 radical (unpaired) electrons. The molecule has 0 N–H and O–H groups in total. The van der Waals surface area contributed by atoms with Gasteiger partial charge in [0.25, 0.3) is 5.79 Å². The lowest BCUT2D eigenvalue weighted by Crippen LogP contribution is -2.33. The molecule has 0 saturated heterocycles. The minimum Gasteiger partial charge on any atom is -0.275 e. The first-order valence-electron chi connectivity index (χ1n) is 22.3. The van der Waals surface area contributed by atoms with Crippen molar-refractivity contribution >= 4 is 49.3 Å². The second-order valence-corrected chi connectivity index (χ2v) is 17.8. The Morgan fingerprint density at radius 1 is 0.565 bits per heavy atom. The third-order valence-corrected chi connectivity index (χ3v) is 14.3. The lowest BCUT2D eigenvalue weighted by molar-refractivity contribution is 0.397. The topological polar surface area (TPSA) is 42.5 Å². The summed E-state index contributed by atoms with van der Waals surface area (Å²) in [7, 11) is 0. The molecule has 9 aromatic rings. The van der Waals surface area contributed by atoms with Crippen LogP contribution in [0.1, 0.15) is 66.8 Å². The summed E-state index contributed by atoms with van der Waals surface area (Å²) in [6, 6.07) is 59.9. The van der Waals surface area contributed by atoms with Crippen LogP contribution in [0.25, 0.3) is 60.4 Å². The van der Waals surface area contributed by atoms with Gasteiger partial charge in [-0.05, 0) is 81.6 Å². The molecule has 5 aliphatic rings. The highest BCUT2D eigenvalue weighted by Gasteiger charge is 2.53. The second-order valence-electron chi connectivity index (χ2n) is 17.8. The first-order valence-corrected chi connectivity index (χ1v) is 22.3. The van der Waals surface area contributed by atoms with E-state index in [-0.39, 0.29) is 5.41 Å². The van der Waals surface area contributed by atoms with E-state index in [1.165, 1.54) is 60.2 Å². The molecule has 4 bridgehead atoms. The van der Waals surface area contributed by atoms with Crippen LogP contribution in [0.15, 0.2) is 191 Å². The van der Waals surface area contributed by atoms with Crippen molar-refractivity contribution in [3.8, 4) is 22.5 Å². The normalized spacial score (nSPS) is 20.1. The first kappa shape index (κ1) is 35.6. The maximum atomic E-state index is 6.27. The minimum absolute atomic E-state index is 0.156. The van der Waals surface area contributed by atoms with Gasteiger partial charge in [-0.1, -0.05) is 189 Å². The predicted molar refractivity (Wildman–Crippen MR) is 256 cm³/mol. The van der Waals surface area contributed by atoms with Crippen LogP contribution in [0.2, 0.25) is 0 Å². The maximum Gasteiger partial charge on any atom is 0.261 e. The Labute approximate surface area is 361 Å². The van der Waals surface area contributed by atoms with Gasteiger partial charge < -0.3 is 0 Å². The van der Waals surface area contributed by atoms with Crippen LogP contribution in [0.5, 0.6) is 0 Å². The van der Waals surface area contributed by atoms with Crippen LogP contribution in [-0.2, 0) is 18.6 Å². The monoisotopic (exact) mass is 796 g/mol. The molecule has 14 rings (SSSR count). The van der Waals surface area contributed by atoms with Crippen molar-refractivity contribution in [1.29, 1.82) is 0 Å². The third kappa shape index (κ3) is 5.04. The lowest BCUT2D eigenvalue weighted by atomic mass is 9.82. The highest BCUT2D eigenvalue weighted by Crippen LogP contribution is 2.63. The van der Waals surface area contributed by atoms with Gasteiger partial charge >= 0.3 is 0 Å². The summed E-state index contributed by atoms with van der Waals surface area (Å²) < 4.78 is 2.47. The summed E-state index contributed by atoms with van der Waals surface area (Å²) in [6.45, 7) is 4.60. The van der Waals surface area contributed by atoms with Crippen LogP contribution in [0.4, 0.5) is 0 Å². The molecule has 1 fully saturated rings.